The van der Waals surface area contributed by atoms with Crippen LogP contribution in [0.25, 0.3) is 0 Å². The molecule has 0 amide bonds. The third kappa shape index (κ3) is 3.01. The average molecular weight is 320 g/mol. The van der Waals surface area contributed by atoms with E-state index in [-0.39, 0.29) is 11.7 Å². The van der Waals surface area contributed by atoms with Gasteiger partial charge >= 0.3 is 0 Å². The van der Waals surface area contributed by atoms with Crippen molar-refractivity contribution >= 4 is 22.6 Å². The number of rotatable bonds is 2. The molecule has 15 heavy (non-hydrogen) atoms. The van der Waals surface area contributed by atoms with Gasteiger partial charge in [0.2, 0.25) is 0 Å². The second-order valence-electron chi connectivity index (χ2n) is 3.70. The zero-order chi connectivity index (χ0) is 10.7. The minimum absolute atomic E-state index is 0.0589. The molecule has 1 N–H and O–H groups in total. The standard InChI is InChI=1S/C10H13IN2O2/c11-8-6-12-9(13-10(8)14)5-7-3-1-2-4-15-7/h6-7H,1-5H2,(H,12,13,14). The summed E-state index contributed by atoms with van der Waals surface area (Å²) in [5, 5.41) is 0. The lowest BCUT2D eigenvalue weighted by Crippen LogP contribution is -2.24. The lowest BCUT2D eigenvalue weighted by Gasteiger charge is -2.21. The van der Waals surface area contributed by atoms with Gasteiger partial charge in [-0.3, -0.25) is 4.79 Å². The highest BCUT2D eigenvalue weighted by molar-refractivity contribution is 14.1. The Morgan fingerprint density at radius 3 is 3.13 bits per heavy atom. The Hall–Kier alpha value is -0.430. The van der Waals surface area contributed by atoms with E-state index in [1.54, 1.807) is 6.20 Å². The van der Waals surface area contributed by atoms with Crippen molar-refractivity contribution in [3.8, 4) is 0 Å². The molecule has 5 heteroatoms. The van der Waals surface area contributed by atoms with E-state index in [4.69, 9.17) is 4.74 Å². The summed E-state index contributed by atoms with van der Waals surface area (Å²) in [7, 11) is 0. The number of nitrogens with zero attached hydrogens (tertiary/aromatic N) is 1. The Morgan fingerprint density at radius 1 is 1.60 bits per heavy atom. The predicted octanol–water partition coefficient (Wildman–Crippen LogP) is 1.49. The first-order valence-electron chi connectivity index (χ1n) is 5.11. The Labute approximate surface area is 102 Å². The van der Waals surface area contributed by atoms with Crippen LogP contribution in [0.4, 0.5) is 0 Å². The lowest BCUT2D eigenvalue weighted by atomic mass is 10.1. The van der Waals surface area contributed by atoms with Crippen LogP contribution in [-0.2, 0) is 11.2 Å². The van der Waals surface area contributed by atoms with Gasteiger partial charge < -0.3 is 9.72 Å². The molecule has 1 saturated heterocycles. The van der Waals surface area contributed by atoms with Crippen molar-refractivity contribution in [1.29, 1.82) is 0 Å². The highest BCUT2D eigenvalue weighted by Gasteiger charge is 2.15. The van der Waals surface area contributed by atoms with Gasteiger partial charge in [0, 0.05) is 19.2 Å². The maximum absolute atomic E-state index is 11.3. The molecule has 2 rings (SSSR count). The fraction of sp³-hybridized carbons (Fsp3) is 0.600. The second kappa shape index (κ2) is 5.07. The molecule has 0 radical (unpaired) electrons. The Kier molecular flexibility index (Phi) is 3.74. The number of halogens is 1. The molecule has 1 atom stereocenters. The minimum atomic E-state index is -0.0589. The first-order valence-corrected chi connectivity index (χ1v) is 6.19. The van der Waals surface area contributed by atoms with E-state index < -0.39 is 0 Å². The monoisotopic (exact) mass is 320 g/mol. The smallest absolute Gasteiger partial charge is 0.264 e. The highest BCUT2D eigenvalue weighted by atomic mass is 127. The van der Waals surface area contributed by atoms with E-state index in [0.717, 1.165) is 25.3 Å². The number of hydrogen-bond acceptors (Lipinski definition) is 3. The van der Waals surface area contributed by atoms with E-state index in [9.17, 15) is 4.79 Å². The minimum Gasteiger partial charge on any atom is -0.378 e. The average Bonchev–Trinajstić information content (AvgIpc) is 2.25. The largest absolute Gasteiger partial charge is 0.378 e. The van der Waals surface area contributed by atoms with E-state index in [1.807, 2.05) is 22.6 Å². The van der Waals surface area contributed by atoms with Crippen LogP contribution in [0.15, 0.2) is 11.0 Å². The maximum Gasteiger partial charge on any atom is 0.264 e. The van der Waals surface area contributed by atoms with Gasteiger partial charge in [0.15, 0.2) is 0 Å². The summed E-state index contributed by atoms with van der Waals surface area (Å²) in [5.41, 5.74) is -0.0589. The molecule has 82 valence electrons. The first kappa shape index (κ1) is 11.1. The van der Waals surface area contributed by atoms with Crippen molar-refractivity contribution in [2.75, 3.05) is 6.61 Å². The summed E-state index contributed by atoms with van der Waals surface area (Å²) in [5.74, 6) is 0.729. The van der Waals surface area contributed by atoms with Crippen molar-refractivity contribution in [2.45, 2.75) is 31.8 Å². The molecular weight excluding hydrogens is 307 g/mol. The fourth-order valence-corrected chi connectivity index (χ4v) is 1.98. The molecule has 0 aliphatic carbocycles. The van der Waals surface area contributed by atoms with Gasteiger partial charge in [-0.25, -0.2) is 4.98 Å². The van der Waals surface area contributed by atoms with Gasteiger partial charge in [0.25, 0.3) is 5.56 Å². The molecular formula is C10H13IN2O2. The van der Waals surface area contributed by atoms with Crippen LogP contribution < -0.4 is 5.56 Å². The molecule has 1 aliphatic heterocycles. The maximum atomic E-state index is 11.3. The van der Waals surface area contributed by atoms with Gasteiger partial charge in [-0.15, -0.1) is 0 Å². The van der Waals surface area contributed by atoms with Gasteiger partial charge in [0.1, 0.15) is 5.82 Å². The summed E-state index contributed by atoms with van der Waals surface area (Å²) in [6, 6.07) is 0. The molecule has 1 fully saturated rings. The number of ether oxygens (including phenoxy) is 1. The SMILES string of the molecule is O=c1[nH]c(CC2CCCCO2)ncc1I. The van der Waals surface area contributed by atoms with E-state index in [1.165, 1.54) is 6.42 Å². The Balaban J connectivity index is 2.03. The number of H-pyrrole nitrogens is 1. The summed E-state index contributed by atoms with van der Waals surface area (Å²) in [6.07, 6.45) is 5.97. The number of aromatic nitrogens is 2. The second-order valence-corrected chi connectivity index (χ2v) is 4.86. The molecule has 1 aromatic heterocycles. The number of aromatic amines is 1. The Bertz CT molecular complexity index is 385. The van der Waals surface area contributed by atoms with Crippen LogP contribution >= 0.6 is 22.6 Å². The summed E-state index contributed by atoms with van der Waals surface area (Å²) < 4.78 is 6.21. The highest BCUT2D eigenvalue weighted by Crippen LogP contribution is 2.15. The van der Waals surface area contributed by atoms with Crippen LogP contribution in [0.2, 0.25) is 0 Å². The third-order valence-corrected chi connectivity index (χ3v) is 3.27. The molecule has 1 unspecified atom stereocenters. The third-order valence-electron chi connectivity index (χ3n) is 2.50. The normalized spacial score (nSPS) is 21.5. The van der Waals surface area contributed by atoms with Gasteiger partial charge in [-0.1, -0.05) is 0 Å². The molecule has 2 heterocycles. The van der Waals surface area contributed by atoms with Gasteiger partial charge in [-0.2, -0.15) is 0 Å². The predicted molar refractivity (Wildman–Crippen MR) is 64.9 cm³/mol. The van der Waals surface area contributed by atoms with Crippen LogP contribution in [0.1, 0.15) is 25.1 Å². The van der Waals surface area contributed by atoms with Crippen molar-refractivity contribution in [3.05, 3.63) is 25.9 Å². The number of nitrogens with one attached hydrogen (secondary N) is 1. The quantitative estimate of drug-likeness (QED) is 0.840. The molecule has 4 nitrogen and oxygen atoms in total. The van der Waals surface area contributed by atoms with E-state index in [0.29, 0.717) is 9.99 Å². The molecule has 0 saturated carbocycles. The summed E-state index contributed by atoms with van der Waals surface area (Å²) >= 11 is 1.97. The number of hydrogen-bond donors (Lipinski definition) is 1. The topological polar surface area (TPSA) is 55.0 Å². The lowest BCUT2D eigenvalue weighted by molar-refractivity contribution is 0.0156. The molecule has 0 bridgehead atoms. The van der Waals surface area contributed by atoms with Crippen molar-refractivity contribution in [2.24, 2.45) is 0 Å². The van der Waals surface area contributed by atoms with Crippen LogP contribution in [0.5, 0.6) is 0 Å². The molecule has 1 aliphatic rings. The van der Waals surface area contributed by atoms with Crippen molar-refractivity contribution in [1.82, 2.24) is 9.97 Å². The molecule has 0 aromatic carbocycles. The first-order chi connectivity index (χ1) is 7.25. The molecule has 0 spiro atoms. The van der Waals surface area contributed by atoms with Crippen LogP contribution in [-0.4, -0.2) is 22.7 Å². The van der Waals surface area contributed by atoms with Crippen molar-refractivity contribution < 1.29 is 4.74 Å². The zero-order valence-corrected chi connectivity index (χ0v) is 10.5. The van der Waals surface area contributed by atoms with Crippen LogP contribution in [0.3, 0.4) is 0 Å². The summed E-state index contributed by atoms with van der Waals surface area (Å²) in [4.78, 5) is 18.3. The summed E-state index contributed by atoms with van der Waals surface area (Å²) in [6.45, 7) is 0.833. The van der Waals surface area contributed by atoms with E-state index >= 15 is 0 Å². The van der Waals surface area contributed by atoms with Gasteiger partial charge in [0.05, 0.1) is 9.67 Å². The van der Waals surface area contributed by atoms with Crippen LogP contribution in [0, 0.1) is 3.57 Å². The fourth-order valence-electron chi connectivity index (χ4n) is 1.70. The van der Waals surface area contributed by atoms with Gasteiger partial charge in [-0.05, 0) is 41.9 Å². The van der Waals surface area contributed by atoms with Crippen molar-refractivity contribution in [3.63, 3.8) is 0 Å². The Morgan fingerprint density at radius 2 is 2.47 bits per heavy atom. The molecule has 1 aromatic rings. The van der Waals surface area contributed by atoms with E-state index in [2.05, 4.69) is 9.97 Å². The zero-order valence-electron chi connectivity index (χ0n) is 8.33.